The van der Waals surface area contributed by atoms with Crippen LogP contribution < -0.4 is 9.47 Å². The number of hydrogen-bond acceptors (Lipinski definition) is 10. The second kappa shape index (κ2) is 10.2. The fourth-order valence-corrected chi connectivity index (χ4v) is 3.59. The second-order valence-electron chi connectivity index (χ2n) is 7.61. The summed E-state index contributed by atoms with van der Waals surface area (Å²) in [5.41, 5.74) is 1.22. The lowest BCUT2D eigenvalue weighted by Crippen LogP contribution is -2.60. The van der Waals surface area contributed by atoms with E-state index in [0.717, 1.165) is 5.56 Å². The number of aromatic hydroxyl groups is 3. The maximum atomic E-state index is 10.3. The topological polar surface area (TPSA) is 169 Å². The Kier molecular flexibility index (Phi) is 7.64. The number of aliphatic hydroxyl groups excluding tert-OH is 4. The quantitative estimate of drug-likeness (QED) is 0.293. The van der Waals surface area contributed by atoms with Gasteiger partial charge in [-0.1, -0.05) is 6.07 Å². The summed E-state index contributed by atoms with van der Waals surface area (Å²) < 4.78 is 15.8. The number of hydrogen-bond donors (Lipinski definition) is 7. The van der Waals surface area contributed by atoms with Crippen LogP contribution in [0, 0.1) is 0 Å². The van der Waals surface area contributed by atoms with Crippen LogP contribution in [0.3, 0.4) is 0 Å². The van der Waals surface area contributed by atoms with Crippen molar-refractivity contribution in [2.75, 3.05) is 13.7 Å². The molecule has 5 unspecified atom stereocenters. The largest absolute Gasteiger partial charge is 0.507 e. The number of phenolic OH excluding ortho intramolecular Hbond substituents is 3. The lowest BCUT2D eigenvalue weighted by molar-refractivity contribution is -0.277. The van der Waals surface area contributed by atoms with Crippen molar-refractivity contribution >= 4 is 0 Å². The molecule has 7 N–H and O–H groups in total. The van der Waals surface area contributed by atoms with Gasteiger partial charge in [-0.05, 0) is 37.0 Å². The van der Waals surface area contributed by atoms with Crippen LogP contribution in [0.25, 0.3) is 0 Å². The van der Waals surface area contributed by atoms with Crippen molar-refractivity contribution < 1.29 is 50.0 Å². The molecule has 0 saturated carbocycles. The number of benzene rings is 2. The molecule has 0 radical (unpaired) electrons. The van der Waals surface area contributed by atoms with Crippen LogP contribution >= 0.6 is 0 Å². The van der Waals surface area contributed by atoms with Gasteiger partial charge in [0.1, 0.15) is 41.7 Å². The van der Waals surface area contributed by atoms with E-state index in [4.69, 9.17) is 14.2 Å². The molecule has 5 atom stereocenters. The standard InChI is InChI=1S/C22H28O10/c1-30-17-7-11(5-6-14(17)24)3-2-4-13-15(25)8-12(9-16(13)26)31-22-21(29)20(28)19(27)18(10-23)32-22/h5-9,18-29H,2-4,10H2,1H3. The normalized spacial score (nSPS) is 25.5. The van der Waals surface area contributed by atoms with Crippen LogP contribution in [0.5, 0.6) is 28.7 Å². The first kappa shape index (κ1) is 23.9. The van der Waals surface area contributed by atoms with Crippen molar-refractivity contribution in [2.24, 2.45) is 0 Å². The number of rotatable bonds is 8. The molecule has 0 amide bonds. The number of aryl methyl sites for hydroxylation is 1. The van der Waals surface area contributed by atoms with Gasteiger partial charge in [0.25, 0.3) is 0 Å². The molecule has 10 nitrogen and oxygen atoms in total. The van der Waals surface area contributed by atoms with Crippen LogP contribution in [0.15, 0.2) is 30.3 Å². The van der Waals surface area contributed by atoms with Gasteiger partial charge < -0.3 is 50.0 Å². The predicted octanol–water partition coefficient (Wildman–Crippen LogP) is 0.166. The zero-order valence-corrected chi connectivity index (χ0v) is 17.5. The summed E-state index contributed by atoms with van der Waals surface area (Å²) in [6, 6.07) is 7.48. The first-order valence-electron chi connectivity index (χ1n) is 10.1. The van der Waals surface area contributed by atoms with E-state index in [1.807, 2.05) is 0 Å². The van der Waals surface area contributed by atoms with Gasteiger partial charge in [-0.25, -0.2) is 0 Å². The minimum atomic E-state index is -1.61. The Labute approximate surface area is 184 Å². The number of aliphatic hydroxyl groups is 4. The smallest absolute Gasteiger partial charge is 0.229 e. The van der Waals surface area contributed by atoms with Crippen LogP contribution in [0.2, 0.25) is 0 Å². The third-order valence-corrected chi connectivity index (χ3v) is 5.41. The van der Waals surface area contributed by atoms with Crippen LogP contribution in [0.1, 0.15) is 17.5 Å². The lowest BCUT2D eigenvalue weighted by Gasteiger charge is -2.39. The first-order valence-corrected chi connectivity index (χ1v) is 10.1. The van der Waals surface area contributed by atoms with E-state index in [1.54, 1.807) is 12.1 Å². The van der Waals surface area contributed by atoms with Gasteiger partial charge in [0.2, 0.25) is 6.29 Å². The zero-order chi connectivity index (χ0) is 23.4. The molecule has 1 heterocycles. The molecule has 2 aromatic carbocycles. The van der Waals surface area contributed by atoms with E-state index in [-0.39, 0.29) is 23.0 Å². The molecule has 1 fully saturated rings. The molecule has 1 saturated heterocycles. The first-order chi connectivity index (χ1) is 15.2. The number of methoxy groups -OCH3 is 1. The Morgan fingerprint density at radius 3 is 2.19 bits per heavy atom. The summed E-state index contributed by atoms with van der Waals surface area (Å²) in [5.74, 6) is -0.0819. The molecule has 1 aliphatic heterocycles. The van der Waals surface area contributed by atoms with E-state index in [9.17, 15) is 35.7 Å². The lowest BCUT2D eigenvalue weighted by atomic mass is 9.99. The van der Waals surface area contributed by atoms with Crippen molar-refractivity contribution in [3.63, 3.8) is 0 Å². The average Bonchev–Trinajstić information content (AvgIpc) is 2.77. The fourth-order valence-electron chi connectivity index (χ4n) is 3.59. The molecule has 3 rings (SSSR count). The van der Waals surface area contributed by atoms with Crippen molar-refractivity contribution in [3.05, 3.63) is 41.5 Å². The SMILES string of the molecule is COc1cc(CCCc2c(O)cc(OC3OC(CO)C(O)C(O)C3O)cc2O)ccc1O. The third kappa shape index (κ3) is 5.17. The second-order valence-corrected chi connectivity index (χ2v) is 7.61. The maximum absolute atomic E-state index is 10.3. The predicted molar refractivity (Wildman–Crippen MR) is 111 cm³/mol. The van der Waals surface area contributed by atoms with Gasteiger partial charge in [-0.3, -0.25) is 0 Å². The highest BCUT2D eigenvalue weighted by molar-refractivity contribution is 5.49. The molecule has 32 heavy (non-hydrogen) atoms. The van der Waals surface area contributed by atoms with Crippen LogP contribution in [-0.2, 0) is 17.6 Å². The van der Waals surface area contributed by atoms with Crippen molar-refractivity contribution in [3.8, 4) is 28.7 Å². The van der Waals surface area contributed by atoms with Gasteiger partial charge in [0, 0.05) is 17.7 Å². The van der Waals surface area contributed by atoms with E-state index in [0.29, 0.717) is 30.6 Å². The van der Waals surface area contributed by atoms with Gasteiger partial charge in [0.15, 0.2) is 11.5 Å². The molecule has 1 aliphatic rings. The summed E-state index contributed by atoms with van der Waals surface area (Å²) in [7, 11) is 1.46. The minimum Gasteiger partial charge on any atom is -0.507 e. The third-order valence-electron chi connectivity index (χ3n) is 5.41. The summed E-state index contributed by atoms with van der Waals surface area (Å²) in [6.07, 6.45) is -5.77. The Bertz CT molecular complexity index is 893. The Hall–Kier alpha value is -2.76. The summed E-state index contributed by atoms with van der Waals surface area (Å²) in [4.78, 5) is 0. The Morgan fingerprint density at radius 2 is 1.56 bits per heavy atom. The molecular weight excluding hydrogens is 424 g/mol. The maximum Gasteiger partial charge on any atom is 0.229 e. The molecule has 10 heteroatoms. The van der Waals surface area contributed by atoms with Crippen molar-refractivity contribution in [2.45, 2.75) is 50.0 Å². The van der Waals surface area contributed by atoms with E-state index in [2.05, 4.69) is 0 Å². The molecule has 2 aromatic rings. The highest BCUT2D eigenvalue weighted by Gasteiger charge is 2.44. The molecule has 0 aromatic heterocycles. The molecule has 0 spiro atoms. The Morgan fingerprint density at radius 1 is 0.875 bits per heavy atom. The monoisotopic (exact) mass is 452 g/mol. The highest BCUT2D eigenvalue weighted by atomic mass is 16.7. The van der Waals surface area contributed by atoms with Gasteiger partial charge in [-0.2, -0.15) is 0 Å². The van der Waals surface area contributed by atoms with E-state index < -0.39 is 37.3 Å². The van der Waals surface area contributed by atoms with Gasteiger partial charge in [-0.15, -0.1) is 0 Å². The number of phenols is 3. The molecule has 0 aliphatic carbocycles. The van der Waals surface area contributed by atoms with E-state index in [1.165, 1.54) is 25.3 Å². The minimum absolute atomic E-state index is 0.0312. The highest BCUT2D eigenvalue weighted by Crippen LogP contribution is 2.35. The van der Waals surface area contributed by atoms with E-state index >= 15 is 0 Å². The van der Waals surface area contributed by atoms with Gasteiger partial charge in [0.05, 0.1) is 13.7 Å². The fraction of sp³-hybridized carbons (Fsp3) is 0.455. The molecule has 176 valence electrons. The van der Waals surface area contributed by atoms with Gasteiger partial charge >= 0.3 is 0 Å². The van der Waals surface area contributed by atoms with Crippen LogP contribution in [0.4, 0.5) is 0 Å². The number of ether oxygens (including phenoxy) is 3. The molecular formula is C22H28O10. The van der Waals surface area contributed by atoms with Crippen molar-refractivity contribution in [1.82, 2.24) is 0 Å². The summed E-state index contributed by atoms with van der Waals surface area (Å²) in [6.45, 7) is -0.604. The average molecular weight is 452 g/mol. The summed E-state index contributed by atoms with van der Waals surface area (Å²) in [5, 5.41) is 69.3. The molecule has 0 bridgehead atoms. The Balaban J connectivity index is 1.65. The zero-order valence-electron chi connectivity index (χ0n) is 17.5. The summed E-state index contributed by atoms with van der Waals surface area (Å²) >= 11 is 0. The van der Waals surface area contributed by atoms with Crippen LogP contribution in [-0.4, -0.2) is 80.2 Å². The van der Waals surface area contributed by atoms with Crippen molar-refractivity contribution in [1.29, 1.82) is 0 Å².